The molecule has 0 N–H and O–H groups in total. The van der Waals surface area contributed by atoms with Crippen LogP contribution in [-0.2, 0) is 5.75 Å². The SMILES string of the molecule is Cc1nc(SCc2csc(-c3ccccc3)n2)c(C#N)c(C)c1C. The van der Waals surface area contributed by atoms with Gasteiger partial charge in [0.15, 0.2) is 0 Å². The van der Waals surface area contributed by atoms with Gasteiger partial charge in [0.2, 0.25) is 0 Å². The van der Waals surface area contributed by atoms with Gasteiger partial charge < -0.3 is 0 Å². The Balaban J connectivity index is 1.80. The Labute approximate surface area is 150 Å². The van der Waals surface area contributed by atoms with Crippen molar-refractivity contribution < 1.29 is 0 Å². The molecule has 1 aromatic carbocycles. The van der Waals surface area contributed by atoms with Gasteiger partial charge >= 0.3 is 0 Å². The van der Waals surface area contributed by atoms with Crippen molar-refractivity contribution >= 4 is 23.1 Å². The fourth-order valence-electron chi connectivity index (χ4n) is 2.38. The maximum absolute atomic E-state index is 9.45. The molecule has 0 aliphatic carbocycles. The Kier molecular flexibility index (Phi) is 4.98. The molecule has 3 aromatic rings. The summed E-state index contributed by atoms with van der Waals surface area (Å²) in [4.78, 5) is 9.30. The van der Waals surface area contributed by atoms with Crippen molar-refractivity contribution in [3.8, 4) is 16.6 Å². The second-order valence-electron chi connectivity index (χ2n) is 5.54. The number of benzene rings is 1. The summed E-state index contributed by atoms with van der Waals surface area (Å²) in [6.07, 6.45) is 0. The average molecular weight is 352 g/mol. The van der Waals surface area contributed by atoms with Crippen molar-refractivity contribution in [2.24, 2.45) is 0 Å². The van der Waals surface area contributed by atoms with E-state index >= 15 is 0 Å². The topological polar surface area (TPSA) is 49.6 Å². The number of thiazole rings is 1. The maximum Gasteiger partial charge on any atom is 0.123 e. The van der Waals surface area contributed by atoms with Gasteiger partial charge in [0, 0.05) is 22.4 Å². The molecular weight excluding hydrogens is 334 g/mol. The molecule has 0 aliphatic heterocycles. The standard InChI is InChI=1S/C19H17N3S2/c1-12-13(2)17(9-20)19(21-14(12)3)24-11-16-10-23-18(22-16)15-7-5-4-6-8-15/h4-8,10H,11H2,1-3H3. The van der Waals surface area contributed by atoms with Gasteiger partial charge in [-0.05, 0) is 31.9 Å². The van der Waals surface area contributed by atoms with E-state index in [0.717, 1.165) is 38.1 Å². The van der Waals surface area contributed by atoms with Gasteiger partial charge in [0.1, 0.15) is 16.1 Å². The Hall–Kier alpha value is -2.16. The zero-order valence-electron chi connectivity index (χ0n) is 13.8. The highest BCUT2D eigenvalue weighted by molar-refractivity contribution is 7.98. The van der Waals surface area contributed by atoms with Crippen LogP contribution in [0.1, 0.15) is 28.1 Å². The quantitative estimate of drug-likeness (QED) is 0.599. The molecule has 120 valence electrons. The number of nitriles is 1. The van der Waals surface area contributed by atoms with E-state index < -0.39 is 0 Å². The molecule has 24 heavy (non-hydrogen) atoms. The van der Waals surface area contributed by atoms with E-state index in [0.29, 0.717) is 11.3 Å². The smallest absolute Gasteiger partial charge is 0.123 e. The Morgan fingerprint density at radius 1 is 1.08 bits per heavy atom. The summed E-state index contributed by atoms with van der Waals surface area (Å²) in [5, 5.41) is 13.3. The van der Waals surface area contributed by atoms with E-state index in [1.807, 2.05) is 39.0 Å². The van der Waals surface area contributed by atoms with Crippen molar-refractivity contribution in [1.29, 1.82) is 5.26 Å². The maximum atomic E-state index is 9.45. The van der Waals surface area contributed by atoms with Crippen LogP contribution in [0.3, 0.4) is 0 Å². The van der Waals surface area contributed by atoms with E-state index in [9.17, 15) is 5.26 Å². The average Bonchev–Trinajstić information content (AvgIpc) is 3.08. The predicted molar refractivity (Wildman–Crippen MR) is 100 cm³/mol. The molecule has 0 radical (unpaired) electrons. The van der Waals surface area contributed by atoms with Crippen molar-refractivity contribution in [2.45, 2.75) is 31.6 Å². The summed E-state index contributed by atoms with van der Waals surface area (Å²) in [6, 6.07) is 12.5. The van der Waals surface area contributed by atoms with Crippen LogP contribution in [0.4, 0.5) is 0 Å². The number of hydrogen-bond donors (Lipinski definition) is 0. The van der Waals surface area contributed by atoms with Gasteiger partial charge in [-0.2, -0.15) is 5.26 Å². The summed E-state index contributed by atoms with van der Waals surface area (Å²) < 4.78 is 0. The van der Waals surface area contributed by atoms with Gasteiger partial charge in [-0.15, -0.1) is 11.3 Å². The minimum Gasteiger partial charge on any atom is -0.245 e. The van der Waals surface area contributed by atoms with Crippen molar-refractivity contribution in [3.05, 3.63) is 63.8 Å². The third-order valence-electron chi connectivity index (χ3n) is 4.00. The Bertz CT molecular complexity index is 908. The minimum absolute atomic E-state index is 0.682. The first kappa shape index (κ1) is 16.7. The Morgan fingerprint density at radius 3 is 2.54 bits per heavy atom. The van der Waals surface area contributed by atoms with Crippen LogP contribution < -0.4 is 0 Å². The summed E-state index contributed by atoms with van der Waals surface area (Å²) in [5.74, 6) is 0.715. The molecule has 0 fully saturated rings. The third kappa shape index (κ3) is 3.35. The van der Waals surface area contributed by atoms with E-state index in [1.165, 1.54) is 0 Å². The van der Waals surface area contributed by atoms with Crippen molar-refractivity contribution in [1.82, 2.24) is 9.97 Å². The molecule has 5 heteroatoms. The van der Waals surface area contributed by atoms with Crippen LogP contribution in [0.5, 0.6) is 0 Å². The van der Waals surface area contributed by atoms with Gasteiger partial charge in [0.05, 0.1) is 11.3 Å². The molecule has 0 unspecified atom stereocenters. The monoisotopic (exact) mass is 351 g/mol. The van der Waals surface area contributed by atoms with Gasteiger partial charge in [-0.3, -0.25) is 0 Å². The molecule has 0 aliphatic rings. The molecular formula is C19H17N3S2. The van der Waals surface area contributed by atoms with Crippen LogP contribution in [0.25, 0.3) is 10.6 Å². The number of aromatic nitrogens is 2. The fraction of sp³-hybridized carbons (Fsp3) is 0.211. The lowest BCUT2D eigenvalue weighted by atomic mass is 10.1. The second kappa shape index (κ2) is 7.16. The summed E-state index contributed by atoms with van der Waals surface area (Å²) in [7, 11) is 0. The van der Waals surface area contributed by atoms with Crippen LogP contribution in [0.2, 0.25) is 0 Å². The minimum atomic E-state index is 0.682. The number of hydrogen-bond acceptors (Lipinski definition) is 5. The second-order valence-corrected chi connectivity index (χ2v) is 7.36. The zero-order valence-corrected chi connectivity index (χ0v) is 15.5. The van der Waals surface area contributed by atoms with Crippen LogP contribution >= 0.6 is 23.1 Å². The highest BCUT2D eigenvalue weighted by Crippen LogP contribution is 2.30. The molecule has 2 heterocycles. The number of nitrogens with zero attached hydrogens (tertiary/aromatic N) is 3. The first-order valence-electron chi connectivity index (χ1n) is 7.60. The summed E-state index contributed by atoms with van der Waals surface area (Å²) in [5.41, 5.74) is 5.94. The van der Waals surface area contributed by atoms with Gasteiger partial charge in [-0.25, -0.2) is 9.97 Å². The molecule has 0 saturated heterocycles. The fourth-order valence-corrected chi connectivity index (χ4v) is 4.28. The molecule has 0 bridgehead atoms. The molecule has 0 saturated carbocycles. The number of aryl methyl sites for hydroxylation is 1. The van der Waals surface area contributed by atoms with Crippen LogP contribution in [-0.4, -0.2) is 9.97 Å². The van der Waals surface area contributed by atoms with Gasteiger partial charge in [0.25, 0.3) is 0 Å². The molecule has 0 atom stereocenters. The van der Waals surface area contributed by atoms with Crippen LogP contribution in [0, 0.1) is 32.1 Å². The molecule has 3 nitrogen and oxygen atoms in total. The van der Waals surface area contributed by atoms with Crippen LogP contribution in [0.15, 0.2) is 40.7 Å². The molecule has 0 spiro atoms. The number of pyridine rings is 1. The van der Waals surface area contributed by atoms with E-state index in [1.54, 1.807) is 23.1 Å². The summed E-state index contributed by atoms with van der Waals surface area (Å²) in [6.45, 7) is 5.99. The highest BCUT2D eigenvalue weighted by Gasteiger charge is 2.13. The molecule has 2 aromatic heterocycles. The third-order valence-corrected chi connectivity index (χ3v) is 5.95. The molecule has 3 rings (SSSR count). The zero-order chi connectivity index (χ0) is 17.1. The van der Waals surface area contributed by atoms with E-state index in [-0.39, 0.29) is 0 Å². The van der Waals surface area contributed by atoms with E-state index in [2.05, 4.69) is 28.6 Å². The lowest BCUT2D eigenvalue weighted by Crippen LogP contribution is -1.99. The Morgan fingerprint density at radius 2 is 1.83 bits per heavy atom. The first-order chi connectivity index (χ1) is 11.6. The number of rotatable bonds is 4. The van der Waals surface area contributed by atoms with E-state index in [4.69, 9.17) is 4.98 Å². The normalized spacial score (nSPS) is 10.6. The molecule has 0 amide bonds. The largest absolute Gasteiger partial charge is 0.245 e. The van der Waals surface area contributed by atoms with Crippen molar-refractivity contribution in [3.63, 3.8) is 0 Å². The predicted octanol–water partition coefficient (Wildman–Crippen LogP) is 5.29. The first-order valence-corrected chi connectivity index (χ1v) is 9.47. The van der Waals surface area contributed by atoms with Crippen molar-refractivity contribution in [2.75, 3.05) is 0 Å². The summed E-state index contributed by atoms with van der Waals surface area (Å²) >= 11 is 3.23. The number of thioether (sulfide) groups is 1. The lowest BCUT2D eigenvalue weighted by molar-refractivity contribution is 0.997. The van der Waals surface area contributed by atoms with Gasteiger partial charge in [-0.1, -0.05) is 42.1 Å². The highest BCUT2D eigenvalue weighted by atomic mass is 32.2. The lowest BCUT2D eigenvalue weighted by Gasteiger charge is -2.10.